The van der Waals surface area contributed by atoms with Crippen LogP contribution in [-0.4, -0.2) is 32.3 Å². The van der Waals surface area contributed by atoms with Gasteiger partial charge >= 0.3 is 0 Å². The van der Waals surface area contributed by atoms with E-state index in [0.717, 1.165) is 34.1 Å². The van der Waals surface area contributed by atoms with Gasteiger partial charge in [-0.1, -0.05) is 36.4 Å². The second-order valence-corrected chi connectivity index (χ2v) is 7.75. The average molecular weight is 392 g/mol. The Hall–Kier alpha value is -3.86. The molecule has 0 radical (unpaired) electrons. The van der Waals surface area contributed by atoms with E-state index in [0.29, 0.717) is 12.1 Å². The number of nitrogens with zero attached hydrogens (tertiary/aromatic N) is 2. The normalized spacial score (nSPS) is 16.1. The summed E-state index contributed by atoms with van der Waals surface area (Å²) in [6, 6.07) is 20.1. The number of fused-ring (bicyclic) bond motifs is 4. The number of rotatable bonds is 2. The van der Waals surface area contributed by atoms with Gasteiger partial charge in [-0.05, 0) is 36.2 Å². The summed E-state index contributed by atoms with van der Waals surface area (Å²) in [6.07, 6.45) is 6.21. The Morgan fingerprint density at radius 2 is 1.77 bits per heavy atom. The molecule has 6 rings (SSSR count). The second-order valence-electron chi connectivity index (χ2n) is 7.75. The van der Waals surface area contributed by atoms with Gasteiger partial charge in [0.15, 0.2) is 0 Å². The van der Waals surface area contributed by atoms with Gasteiger partial charge in [0, 0.05) is 58.2 Å². The van der Waals surface area contributed by atoms with E-state index in [1.165, 1.54) is 10.9 Å². The summed E-state index contributed by atoms with van der Waals surface area (Å²) >= 11 is 0. The van der Waals surface area contributed by atoms with E-state index in [-0.39, 0.29) is 11.9 Å². The van der Waals surface area contributed by atoms with Crippen LogP contribution < -0.4 is 0 Å². The zero-order valence-electron chi connectivity index (χ0n) is 16.3. The van der Waals surface area contributed by atoms with Crippen molar-refractivity contribution in [1.82, 2.24) is 19.9 Å². The van der Waals surface area contributed by atoms with Gasteiger partial charge in [-0.2, -0.15) is 0 Å². The van der Waals surface area contributed by atoms with Gasteiger partial charge in [-0.3, -0.25) is 9.78 Å². The van der Waals surface area contributed by atoms with E-state index in [1.54, 1.807) is 12.4 Å². The number of amides is 1. The Kier molecular flexibility index (Phi) is 3.74. The summed E-state index contributed by atoms with van der Waals surface area (Å²) in [5.41, 5.74) is 6.31. The fourth-order valence-electron chi connectivity index (χ4n) is 4.76. The number of carbonyl (C=O) groups excluding carboxylic acids is 1. The molecule has 1 unspecified atom stereocenters. The highest BCUT2D eigenvalue weighted by atomic mass is 16.2. The molecule has 2 N–H and O–H groups in total. The van der Waals surface area contributed by atoms with Crippen molar-refractivity contribution in [2.45, 2.75) is 12.5 Å². The first-order valence-electron chi connectivity index (χ1n) is 10.2. The van der Waals surface area contributed by atoms with Crippen molar-refractivity contribution in [3.05, 3.63) is 102 Å². The minimum atomic E-state index is -0.190. The molecule has 3 aromatic heterocycles. The van der Waals surface area contributed by atoms with Crippen molar-refractivity contribution in [3.8, 4) is 0 Å². The molecule has 30 heavy (non-hydrogen) atoms. The monoisotopic (exact) mass is 392 g/mol. The molecule has 2 aromatic carbocycles. The first-order chi connectivity index (χ1) is 14.8. The van der Waals surface area contributed by atoms with Crippen molar-refractivity contribution in [3.63, 3.8) is 0 Å². The van der Waals surface area contributed by atoms with Crippen molar-refractivity contribution in [2.75, 3.05) is 6.54 Å². The zero-order chi connectivity index (χ0) is 20.1. The smallest absolute Gasteiger partial charge is 0.256 e. The number of carbonyl (C=O) groups is 1. The van der Waals surface area contributed by atoms with E-state index in [9.17, 15) is 4.79 Å². The highest BCUT2D eigenvalue weighted by Crippen LogP contribution is 2.41. The summed E-state index contributed by atoms with van der Waals surface area (Å²) < 4.78 is 0. The van der Waals surface area contributed by atoms with Gasteiger partial charge in [0.1, 0.15) is 0 Å². The SMILES string of the molecule is O=C(c1cccnc1)N1CCc2c([nH]c3ccccc23)C1c1c[nH]c2ccccc12. The van der Waals surface area contributed by atoms with Gasteiger partial charge in [0.05, 0.1) is 11.6 Å². The highest BCUT2D eigenvalue weighted by Gasteiger charge is 2.36. The minimum Gasteiger partial charge on any atom is -0.361 e. The molecular weight excluding hydrogens is 372 g/mol. The molecule has 1 aliphatic rings. The standard InChI is InChI=1S/C25H20N4O/c30-25(16-6-5-12-26-14-16)29-13-11-19-17-7-2-4-10-22(17)28-23(19)24(29)20-15-27-21-9-3-1-8-18(20)21/h1-10,12,14-15,24,27-28H,11,13H2. The van der Waals surface area contributed by atoms with Crippen LogP contribution in [0.5, 0.6) is 0 Å². The van der Waals surface area contributed by atoms with Crippen molar-refractivity contribution in [2.24, 2.45) is 0 Å². The van der Waals surface area contributed by atoms with E-state index >= 15 is 0 Å². The summed E-state index contributed by atoms with van der Waals surface area (Å²) in [5.74, 6) is 0.00249. The van der Waals surface area contributed by atoms with Crippen LogP contribution in [-0.2, 0) is 6.42 Å². The van der Waals surface area contributed by atoms with Gasteiger partial charge in [0.2, 0.25) is 0 Å². The largest absolute Gasteiger partial charge is 0.361 e. The third kappa shape index (κ3) is 2.48. The maximum atomic E-state index is 13.5. The van der Waals surface area contributed by atoms with Crippen LogP contribution in [0.25, 0.3) is 21.8 Å². The number of aromatic amines is 2. The summed E-state index contributed by atoms with van der Waals surface area (Å²) in [4.78, 5) is 26.7. The van der Waals surface area contributed by atoms with Crippen LogP contribution in [0.1, 0.15) is 33.2 Å². The lowest BCUT2D eigenvalue weighted by Gasteiger charge is -2.36. The molecule has 0 aliphatic carbocycles. The number of para-hydroxylation sites is 2. The highest BCUT2D eigenvalue weighted by molar-refractivity contribution is 5.96. The zero-order valence-corrected chi connectivity index (χ0v) is 16.3. The Morgan fingerprint density at radius 3 is 2.60 bits per heavy atom. The van der Waals surface area contributed by atoms with Crippen LogP contribution in [0.4, 0.5) is 0 Å². The van der Waals surface area contributed by atoms with Gasteiger partial charge in [-0.25, -0.2) is 0 Å². The Morgan fingerprint density at radius 1 is 0.967 bits per heavy atom. The lowest BCUT2D eigenvalue weighted by atomic mass is 9.91. The van der Waals surface area contributed by atoms with Crippen molar-refractivity contribution >= 4 is 27.7 Å². The van der Waals surface area contributed by atoms with Crippen LogP contribution in [0.2, 0.25) is 0 Å². The van der Waals surface area contributed by atoms with Crippen molar-refractivity contribution < 1.29 is 4.79 Å². The number of aromatic nitrogens is 3. The van der Waals surface area contributed by atoms with E-state index in [2.05, 4.69) is 45.3 Å². The first-order valence-corrected chi connectivity index (χ1v) is 10.2. The van der Waals surface area contributed by atoms with Gasteiger partial charge < -0.3 is 14.9 Å². The molecule has 1 atom stereocenters. The minimum absolute atomic E-state index is 0.00249. The topological polar surface area (TPSA) is 64.8 Å². The molecule has 146 valence electrons. The molecule has 0 bridgehead atoms. The van der Waals surface area contributed by atoms with Crippen LogP contribution in [0, 0.1) is 0 Å². The van der Waals surface area contributed by atoms with Gasteiger partial charge in [0.25, 0.3) is 5.91 Å². The summed E-state index contributed by atoms with van der Waals surface area (Å²) in [5, 5.41) is 2.38. The Balaban J connectivity index is 1.58. The van der Waals surface area contributed by atoms with E-state index < -0.39 is 0 Å². The summed E-state index contributed by atoms with van der Waals surface area (Å²) in [6.45, 7) is 0.659. The molecule has 5 aromatic rings. The van der Waals surface area contributed by atoms with E-state index in [1.807, 2.05) is 41.4 Å². The third-order valence-electron chi connectivity index (χ3n) is 6.12. The number of pyridine rings is 1. The van der Waals surface area contributed by atoms with Crippen LogP contribution >= 0.6 is 0 Å². The molecule has 1 amide bonds. The van der Waals surface area contributed by atoms with Gasteiger partial charge in [-0.15, -0.1) is 0 Å². The number of nitrogens with one attached hydrogen (secondary N) is 2. The molecule has 0 saturated heterocycles. The molecule has 0 saturated carbocycles. The Labute approximate surface area is 173 Å². The number of H-pyrrole nitrogens is 2. The van der Waals surface area contributed by atoms with E-state index in [4.69, 9.17) is 0 Å². The molecule has 5 heteroatoms. The van der Waals surface area contributed by atoms with Crippen LogP contribution in [0.3, 0.4) is 0 Å². The molecule has 0 spiro atoms. The molecule has 1 aliphatic heterocycles. The van der Waals surface area contributed by atoms with Crippen molar-refractivity contribution in [1.29, 1.82) is 0 Å². The number of hydrogen-bond donors (Lipinski definition) is 2. The molecule has 0 fully saturated rings. The lowest BCUT2D eigenvalue weighted by molar-refractivity contribution is 0.0692. The quantitative estimate of drug-likeness (QED) is 0.452. The molecule has 5 nitrogen and oxygen atoms in total. The van der Waals surface area contributed by atoms with Crippen LogP contribution in [0.15, 0.2) is 79.3 Å². The number of benzene rings is 2. The molecule has 4 heterocycles. The fraction of sp³-hybridized carbons (Fsp3) is 0.120. The molecular formula is C25H20N4O. The average Bonchev–Trinajstić information content (AvgIpc) is 3.40. The fourth-order valence-corrected chi connectivity index (χ4v) is 4.76. The predicted octanol–water partition coefficient (Wildman–Crippen LogP) is 4.83. The number of hydrogen-bond acceptors (Lipinski definition) is 2. The maximum Gasteiger partial charge on any atom is 0.256 e. The Bertz CT molecular complexity index is 1380. The maximum absolute atomic E-state index is 13.5. The predicted molar refractivity (Wildman–Crippen MR) is 117 cm³/mol. The lowest BCUT2D eigenvalue weighted by Crippen LogP contribution is -2.40. The third-order valence-corrected chi connectivity index (χ3v) is 6.12. The summed E-state index contributed by atoms with van der Waals surface area (Å²) in [7, 11) is 0. The first kappa shape index (κ1) is 17.0. The second kappa shape index (κ2) is 6.59.